The van der Waals surface area contributed by atoms with Crippen LogP contribution in [0.4, 0.5) is 13.2 Å². The minimum atomic E-state index is -4.76. The van der Waals surface area contributed by atoms with E-state index in [1.807, 2.05) is 0 Å². The molecule has 0 amide bonds. The molecule has 20 heavy (non-hydrogen) atoms. The molecule has 0 bridgehead atoms. The van der Waals surface area contributed by atoms with Gasteiger partial charge in [-0.05, 0) is 22.0 Å². The van der Waals surface area contributed by atoms with Gasteiger partial charge in [-0.2, -0.15) is 13.2 Å². The summed E-state index contributed by atoms with van der Waals surface area (Å²) in [5.74, 6) is -1.72. The first-order chi connectivity index (χ1) is 9.18. The number of hydrogen-bond donors (Lipinski definition) is 0. The molecule has 0 aliphatic heterocycles. The predicted octanol–water partition coefficient (Wildman–Crippen LogP) is 3.32. The molecule has 0 saturated heterocycles. The highest BCUT2D eigenvalue weighted by Crippen LogP contribution is 2.39. The van der Waals surface area contributed by atoms with E-state index in [0.717, 1.165) is 20.1 Å². The van der Waals surface area contributed by atoms with Gasteiger partial charge in [-0.3, -0.25) is 4.79 Å². The third kappa shape index (κ3) is 3.72. The average Bonchev–Trinajstić information content (AvgIpc) is 2.34. The molecule has 0 unspecified atom stereocenters. The first-order valence-electron chi connectivity index (χ1n) is 5.28. The maximum absolute atomic E-state index is 13.0. The number of carbonyl (C=O) groups excluding carboxylic acids is 2. The highest BCUT2D eigenvalue weighted by atomic mass is 79.9. The summed E-state index contributed by atoms with van der Waals surface area (Å²) in [5, 5.41) is 0. The number of halogens is 4. The van der Waals surface area contributed by atoms with E-state index in [-0.39, 0.29) is 16.6 Å². The maximum Gasteiger partial charge on any atom is 0.418 e. The van der Waals surface area contributed by atoms with E-state index in [1.54, 1.807) is 0 Å². The lowest BCUT2D eigenvalue weighted by Gasteiger charge is -2.16. The Morgan fingerprint density at radius 1 is 1.30 bits per heavy atom. The van der Waals surface area contributed by atoms with Gasteiger partial charge in [0.25, 0.3) is 0 Å². The van der Waals surface area contributed by atoms with Crippen LogP contribution in [-0.2, 0) is 27.1 Å². The van der Waals surface area contributed by atoms with Crippen LogP contribution in [0.1, 0.15) is 28.4 Å². The van der Waals surface area contributed by atoms with Crippen molar-refractivity contribution < 1.29 is 32.2 Å². The molecule has 0 aliphatic rings. The Balaban J connectivity index is 3.35. The third-order valence-corrected chi connectivity index (χ3v) is 3.25. The molecule has 0 N–H and O–H groups in total. The van der Waals surface area contributed by atoms with E-state index >= 15 is 0 Å². The standard InChI is InChI=1S/C12H10BrF3O4/c1-6(17)20-5-7-3-4-8(11(18)19-2)9(10(7)13)12(14,15)16/h3-4H,5H2,1-2H3. The molecule has 0 fully saturated rings. The summed E-state index contributed by atoms with van der Waals surface area (Å²) in [5.41, 5.74) is -1.67. The Morgan fingerprint density at radius 3 is 2.35 bits per heavy atom. The lowest BCUT2D eigenvalue weighted by molar-refractivity contribution is -0.142. The van der Waals surface area contributed by atoms with Crippen molar-refractivity contribution in [1.29, 1.82) is 0 Å². The number of benzene rings is 1. The zero-order valence-electron chi connectivity index (χ0n) is 10.5. The average molecular weight is 355 g/mol. The number of carbonyl (C=O) groups is 2. The number of alkyl halides is 3. The normalized spacial score (nSPS) is 11.1. The highest BCUT2D eigenvalue weighted by molar-refractivity contribution is 9.10. The smallest absolute Gasteiger partial charge is 0.418 e. The monoisotopic (exact) mass is 354 g/mol. The Kier molecular flexibility index (Phi) is 5.15. The molecule has 8 heteroatoms. The van der Waals surface area contributed by atoms with Crippen LogP contribution >= 0.6 is 15.9 Å². The van der Waals surface area contributed by atoms with Crippen LogP contribution in [0.25, 0.3) is 0 Å². The molecule has 0 saturated carbocycles. The fourth-order valence-corrected chi connectivity index (χ4v) is 2.15. The molecule has 0 aliphatic carbocycles. The van der Waals surface area contributed by atoms with Gasteiger partial charge in [0, 0.05) is 17.0 Å². The molecule has 0 aromatic heterocycles. The second-order valence-corrected chi connectivity index (χ2v) is 4.52. The predicted molar refractivity (Wildman–Crippen MR) is 66.0 cm³/mol. The summed E-state index contributed by atoms with van der Waals surface area (Å²) in [6, 6.07) is 2.24. The fraction of sp³-hybridized carbons (Fsp3) is 0.333. The first kappa shape index (κ1) is 16.5. The minimum absolute atomic E-state index is 0.0974. The van der Waals surface area contributed by atoms with Crippen LogP contribution in [0.3, 0.4) is 0 Å². The van der Waals surface area contributed by atoms with Crippen LogP contribution in [0, 0.1) is 0 Å². The fourth-order valence-electron chi connectivity index (χ4n) is 1.47. The zero-order valence-corrected chi connectivity index (χ0v) is 12.1. The summed E-state index contributed by atoms with van der Waals surface area (Å²) in [6.07, 6.45) is -4.76. The molecule has 1 aromatic carbocycles. The Morgan fingerprint density at radius 2 is 1.90 bits per heavy atom. The van der Waals surface area contributed by atoms with E-state index in [9.17, 15) is 22.8 Å². The molecular weight excluding hydrogens is 345 g/mol. The topological polar surface area (TPSA) is 52.6 Å². The van der Waals surface area contributed by atoms with Crippen molar-refractivity contribution in [2.24, 2.45) is 0 Å². The summed E-state index contributed by atoms with van der Waals surface area (Å²) >= 11 is 2.80. The molecule has 110 valence electrons. The number of hydrogen-bond acceptors (Lipinski definition) is 4. The van der Waals surface area contributed by atoms with Crippen LogP contribution in [0.15, 0.2) is 16.6 Å². The van der Waals surface area contributed by atoms with Gasteiger partial charge in [0.1, 0.15) is 6.61 Å². The number of rotatable bonds is 3. The van der Waals surface area contributed by atoms with Crippen molar-refractivity contribution in [3.63, 3.8) is 0 Å². The van der Waals surface area contributed by atoms with Crippen molar-refractivity contribution >= 4 is 27.9 Å². The van der Waals surface area contributed by atoms with Crippen LogP contribution in [0.5, 0.6) is 0 Å². The number of ether oxygens (including phenoxy) is 2. The molecule has 1 rings (SSSR count). The van der Waals surface area contributed by atoms with Gasteiger partial charge in [-0.25, -0.2) is 4.79 Å². The van der Waals surface area contributed by atoms with Crippen molar-refractivity contribution in [3.05, 3.63) is 33.3 Å². The van der Waals surface area contributed by atoms with Crippen molar-refractivity contribution in [2.45, 2.75) is 19.7 Å². The van der Waals surface area contributed by atoms with E-state index in [2.05, 4.69) is 25.4 Å². The molecule has 0 radical (unpaired) electrons. The largest absolute Gasteiger partial charge is 0.465 e. The second kappa shape index (κ2) is 6.25. The first-order valence-corrected chi connectivity index (χ1v) is 6.08. The van der Waals surface area contributed by atoms with Gasteiger partial charge in [0.15, 0.2) is 0 Å². The van der Waals surface area contributed by atoms with Gasteiger partial charge >= 0.3 is 18.1 Å². The summed E-state index contributed by atoms with van der Waals surface area (Å²) in [6.45, 7) is 0.807. The summed E-state index contributed by atoms with van der Waals surface area (Å²) < 4.78 is 47.7. The third-order valence-electron chi connectivity index (χ3n) is 2.34. The molecule has 0 heterocycles. The Hall–Kier alpha value is -1.57. The lowest BCUT2D eigenvalue weighted by atomic mass is 10.0. The van der Waals surface area contributed by atoms with Crippen molar-refractivity contribution in [1.82, 2.24) is 0 Å². The van der Waals surface area contributed by atoms with E-state index in [4.69, 9.17) is 0 Å². The number of methoxy groups -OCH3 is 1. The van der Waals surface area contributed by atoms with Crippen molar-refractivity contribution in [2.75, 3.05) is 7.11 Å². The minimum Gasteiger partial charge on any atom is -0.465 e. The molecule has 0 spiro atoms. The van der Waals surface area contributed by atoms with E-state index in [0.29, 0.717) is 0 Å². The van der Waals surface area contributed by atoms with Gasteiger partial charge in [-0.1, -0.05) is 6.07 Å². The van der Waals surface area contributed by atoms with Crippen LogP contribution in [0.2, 0.25) is 0 Å². The molecule has 0 atom stereocenters. The number of esters is 2. The van der Waals surface area contributed by atoms with Crippen molar-refractivity contribution in [3.8, 4) is 0 Å². The van der Waals surface area contributed by atoms with E-state index in [1.165, 1.54) is 6.07 Å². The van der Waals surface area contributed by atoms with E-state index < -0.39 is 29.2 Å². The molecule has 4 nitrogen and oxygen atoms in total. The quantitative estimate of drug-likeness (QED) is 0.781. The summed E-state index contributed by atoms with van der Waals surface area (Å²) in [4.78, 5) is 22.1. The maximum atomic E-state index is 13.0. The van der Waals surface area contributed by atoms with Gasteiger partial charge in [0.2, 0.25) is 0 Å². The highest BCUT2D eigenvalue weighted by Gasteiger charge is 2.38. The van der Waals surface area contributed by atoms with Crippen LogP contribution < -0.4 is 0 Å². The van der Waals surface area contributed by atoms with Crippen LogP contribution in [-0.4, -0.2) is 19.0 Å². The lowest BCUT2D eigenvalue weighted by Crippen LogP contribution is -2.16. The summed E-state index contributed by atoms with van der Waals surface area (Å²) in [7, 11) is 0.989. The molecular formula is C12H10BrF3O4. The van der Waals surface area contributed by atoms with Gasteiger partial charge in [0.05, 0.1) is 18.2 Å². The SMILES string of the molecule is COC(=O)c1ccc(COC(C)=O)c(Br)c1C(F)(F)F. The Bertz CT molecular complexity index is 540. The van der Waals surface area contributed by atoms with Gasteiger partial charge in [-0.15, -0.1) is 0 Å². The Labute approximate surface area is 121 Å². The molecule has 1 aromatic rings. The second-order valence-electron chi connectivity index (χ2n) is 3.73. The van der Waals surface area contributed by atoms with Gasteiger partial charge < -0.3 is 9.47 Å². The zero-order chi connectivity index (χ0) is 15.5.